The van der Waals surface area contributed by atoms with Gasteiger partial charge in [-0.25, -0.2) is 4.79 Å². The zero-order valence-electron chi connectivity index (χ0n) is 11.7. The topological polar surface area (TPSA) is 40.5 Å². The highest BCUT2D eigenvalue weighted by Crippen LogP contribution is 2.29. The van der Waals surface area contributed by atoms with Crippen LogP contribution in [0.25, 0.3) is 0 Å². The molecule has 98 valence electrons. The number of hydrogen-bond donors (Lipinski definition) is 1. The van der Waals surface area contributed by atoms with E-state index in [-0.39, 0.29) is 0 Å². The Hall–Kier alpha value is -1.77. The SMILES string of the molecule is Cc1cc(C)c(C)c(N(C)C/C=C/C(=O)O)c1C. The first-order valence-electron chi connectivity index (χ1n) is 6.02. The molecule has 0 heterocycles. The fourth-order valence-electron chi connectivity index (χ4n) is 2.17. The summed E-state index contributed by atoms with van der Waals surface area (Å²) in [5.41, 5.74) is 6.24. The van der Waals surface area contributed by atoms with E-state index in [0.717, 1.165) is 0 Å². The minimum absolute atomic E-state index is 0.594. The summed E-state index contributed by atoms with van der Waals surface area (Å²) in [4.78, 5) is 12.5. The molecule has 0 aliphatic rings. The van der Waals surface area contributed by atoms with E-state index < -0.39 is 5.97 Å². The third-order valence-corrected chi connectivity index (χ3v) is 3.35. The van der Waals surface area contributed by atoms with Crippen molar-refractivity contribution in [1.82, 2.24) is 0 Å². The molecule has 0 saturated heterocycles. The third-order valence-electron chi connectivity index (χ3n) is 3.35. The molecule has 0 bridgehead atoms. The maximum absolute atomic E-state index is 10.5. The highest BCUT2D eigenvalue weighted by atomic mass is 16.4. The van der Waals surface area contributed by atoms with Crippen molar-refractivity contribution in [3.05, 3.63) is 40.5 Å². The van der Waals surface area contributed by atoms with Gasteiger partial charge in [-0.1, -0.05) is 12.1 Å². The van der Waals surface area contributed by atoms with Crippen LogP contribution in [0.5, 0.6) is 0 Å². The number of benzene rings is 1. The first-order chi connectivity index (χ1) is 8.34. The van der Waals surface area contributed by atoms with E-state index in [1.165, 1.54) is 34.0 Å². The Bertz CT molecular complexity index is 464. The Kier molecular flexibility index (Phi) is 4.54. The van der Waals surface area contributed by atoms with E-state index in [9.17, 15) is 4.79 Å². The molecule has 1 rings (SSSR count). The minimum Gasteiger partial charge on any atom is -0.478 e. The molecule has 3 nitrogen and oxygen atoms in total. The number of aryl methyl sites for hydroxylation is 2. The van der Waals surface area contributed by atoms with Crippen molar-refractivity contribution in [3.8, 4) is 0 Å². The van der Waals surface area contributed by atoms with E-state index in [1.807, 2.05) is 7.05 Å². The zero-order valence-corrected chi connectivity index (χ0v) is 11.7. The van der Waals surface area contributed by atoms with Gasteiger partial charge in [0.05, 0.1) is 0 Å². The molecule has 0 saturated carbocycles. The Labute approximate surface area is 109 Å². The van der Waals surface area contributed by atoms with Gasteiger partial charge in [0.25, 0.3) is 0 Å². The molecule has 1 N–H and O–H groups in total. The zero-order chi connectivity index (χ0) is 13.9. The summed E-state index contributed by atoms with van der Waals surface area (Å²) in [7, 11) is 1.99. The normalized spacial score (nSPS) is 10.9. The summed E-state index contributed by atoms with van der Waals surface area (Å²) >= 11 is 0. The Balaban J connectivity index is 3.05. The van der Waals surface area contributed by atoms with Crippen molar-refractivity contribution in [2.45, 2.75) is 27.7 Å². The van der Waals surface area contributed by atoms with Gasteiger partial charge in [-0.05, 0) is 49.9 Å². The predicted octanol–water partition coefficient (Wildman–Crippen LogP) is 3.00. The number of rotatable bonds is 4. The van der Waals surface area contributed by atoms with E-state index >= 15 is 0 Å². The molecule has 18 heavy (non-hydrogen) atoms. The van der Waals surface area contributed by atoms with Crippen molar-refractivity contribution < 1.29 is 9.90 Å². The lowest BCUT2D eigenvalue weighted by molar-refractivity contribution is -0.131. The summed E-state index contributed by atoms with van der Waals surface area (Å²) in [6.45, 7) is 9.01. The van der Waals surface area contributed by atoms with Crippen LogP contribution in [0.3, 0.4) is 0 Å². The lowest BCUT2D eigenvalue weighted by Gasteiger charge is -2.24. The lowest BCUT2D eigenvalue weighted by Crippen LogP contribution is -2.20. The number of anilines is 1. The molecule has 0 radical (unpaired) electrons. The van der Waals surface area contributed by atoms with Crippen LogP contribution in [0.2, 0.25) is 0 Å². The summed E-state index contributed by atoms with van der Waals surface area (Å²) in [5, 5.41) is 8.59. The Morgan fingerprint density at radius 3 is 2.17 bits per heavy atom. The molecule has 1 aromatic rings. The highest BCUT2D eigenvalue weighted by Gasteiger charge is 2.11. The summed E-state index contributed by atoms with van der Waals surface area (Å²) < 4.78 is 0. The molecule has 1 aromatic carbocycles. The quantitative estimate of drug-likeness (QED) is 0.831. The summed E-state index contributed by atoms with van der Waals surface area (Å²) in [6, 6.07) is 2.19. The predicted molar refractivity (Wildman–Crippen MR) is 75.4 cm³/mol. The number of aliphatic carboxylic acids is 1. The van der Waals surface area contributed by atoms with Gasteiger partial charge >= 0.3 is 5.97 Å². The van der Waals surface area contributed by atoms with E-state index in [1.54, 1.807) is 6.08 Å². The first-order valence-corrected chi connectivity index (χ1v) is 6.02. The Morgan fingerprint density at radius 2 is 1.72 bits per heavy atom. The average molecular weight is 247 g/mol. The fourth-order valence-corrected chi connectivity index (χ4v) is 2.17. The number of carboxylic acid groups (broad SMARTS) is 1. The maximum Gasteiger partial charge on any atom is 0.328 e. The second-order valence-electron chi connectivity index (χ2n) is 4.73. The van der Waals surface area contributed by atoms with E-state index in [2.05, 4.69) is 38.7 Å². The maximum atomic E-state index is 10.5. The van der Waals surface area contributed by atoms with Crippen LogP contribution in [0, 0.1) is 27.7 Å². The van der Waals surface area contributed by atoms with Crippen LogP contribution >= 0.6 is 0 Å². The largest absolute Gasteiger partial charge is 0.478 e. The van der Waals surface area contributed by atoms with Crippen molar-refractivity contribution >= 4 is 11.7 Å². The molecule has 0 spiro atoms. The van der Waals surface area contributed by atoms with Crippen molar-refractivity contribution in [1.29, 1.82) is 0 Å². The van der Waals surface area contributed by atoms with Crippen LogP contribution in [0.15, 0.2) is 18.2 Å². The van der Waals surface area contributed by atoms with Crippen LogP contribution in [0.4, 0.5) is 5.69 Å². The van der Waals surface area contributed by atoms with Crippen molar-refractivity contribution in [3.63, 3.8) is 0 Å². The number of carboxylic acids is 1. The van der Waals surface area contributed by atoms with Gasteiger partial charge in [-0.3, -0.25) is 0 Å². The molecule has 0 unspecified atom stereocenters. The molecular formula is C15H21NO2. The highest BCUT2D eigenvalue weighted by molar-refractivity contribution is 5.79. The molecule has 0 atom stereocenters. The van der Waals surface area contributed by atoms with Gasteiger partial charge in [-0.2, -0.15) is 0 Å². The number of carbonyl (C=O) groups is 1. The third kappa shape index (κ3) is 3.13. The van der Waals surface area contributed by atoms with Gasteiger partial charge in [0.15, 0.2) is 0 Å². The average Bonchev–Trinajstić information content (AvgIpc) is 2.26. The van der Waals surface area contributed by atoms with Crippen LogP contribution in [-0.2, 0) is 4.79 Å². The second-order valence-corrected chi connectivity index (χ2v) is 4.73. The van der Waals surface area contributed by atoms with Crippen molar-refractivity contribution in [2.75, 3.05) is 18.5 Å². The van der Waals surface area contributed by atoms with Gasteiger partial charge in [0.1, 0.15) is 0 Å². The molecule has 0 aliphatic carbocycles. The second kappa shape index (κ2) is 5.71. The fraction of sp³-hybridized carbons (Fsp3) is 0.400. The summed E-state index contributed by atoms with van der Waals surface area (Å²) in [6.07, 6.45) is 2.85. The molecule has 0 amide bonds. The van der Waals surface area contributed by atoms with Gasteiger partial charge in [0.2, 0.25) is 0 Å². The number of likely N-dealkylation sites (N-methyl/N-ethyl adjacent to an activating group) is 1. The summed E-state index contributed by atoms with van der Waals surface area (Å²) in [5.74, 6) is -0.905. The van der Waals surface area contributed by atoms with E-state index in [0.29, 0.717) is 6.54 Å². The lowest BCUT2D eigenvalue weighted by atomic mass is 9.98. The molecule has 0 aliphatic heterocycles. The minimum atomic E-state index is -0.905. The van der Waals surface area contributed by atoms with E-state index in [4.69, 9.17) is 5.11 Å². The van der Waals surface area contributed by atoms with Crippen LogP contribution in [-0.4, -0.2) is 24.7 Å². The van der Waals surface area contributed by atoms with Crippen LogP contribution in [0.1, 0.15) is 22.3 Å². The van der Waals surface area contributed by atoms with Crippen LogP contribution < -0.4 is 4.90 Å². The molecule has 0 fully saturated rings. The van der Waals surface area contributed by atoms with Crippen molar-refractivity contribution in [2.24, 2.45) is 0 Å². The van der Waals surface area contributed by atoms with Gasteiger partial charge in [0, 0.05) is 25.4 Å². The number of hydrogen-bond acceptors (Lipinski definition) is 2. The molecule has 3 heteroatoms. The Morgan fingerprint density at radius 1 is 1.22 bits per heavy atom. The standard InChI is InChI=1S/C15H21NO2/c1-10-9-11(2)13(4)15(12(10)3)16(5)8-6-7-14(17)18/h6-7,9H,8H2,1-5H3,(H,17,18)/b7-6+. The monoisotopic (exact) mass is 247 g/mol. The molecule has 0 aromatic heterocycles. The molecular weight excluding hydrogens is 226 g/mol. The van der Waals surface area contributed by atoms with Gasteiger partial charge < -0.3 is 10.0 Å². The smallest absolute Gasteiger partial charge is 0.328 e. The first kappa shape index (κ1) is 14.3. The number of nitrogens with zero attached hydrogens (tertiary/aromatic N) is 1. The van der Waals surface area contributed by atoms with Gasteiger partial charge in [-0.15, -0.1) is 0 Å².